The van der Waals surface area contributed by atoms with Crippen LogP contribution in [-0.2, 0) is 0 Å². The molecule has 0 amide bonds. The molecule has 2 heteroatoms. The van der Waals surface area contributed by atoms with Gasteiger partial charge in [0, 0.05) is 25.2 Å². The molecule has 2 unspecified atom stereocenters. The van der Waals surface area contributed by atoms with E-state index >= 15 is 0 Å². The highest BCUT2D eigenvalue weighted by atomic mass is 15.2. The smallest absolute Gasteiger partial charge is 0.0320 e. The molecular weight excluding hydrogens is 208 g/mol. The van der Waals surface area contributed by atoms with E-state index < -0.39 is 0 Å². The van der Waals surface area contributed by atoms with Crippen molar-refractivity contribution in [2.24, 2.45) is 0 Å². The Kier molecular flexibility index (Phi) is 4.19. The zero-order valence-electron chi connectivity index (χ0n) is 11.2. The summed E-state index contributed by atoms with van der Waals surface area (Å²) >= 11 is 0. The predicted octanol–water partition coefficient (Wildman–Crippen LogP) is 2.74. The van der Waals surface area contributed by atoms with Crippen LogP contribution in [-0.4, -0.2) is 30.6 Å². The monoisotopic (exact) mass is 232 g/mol. The molecule has 1 aromatic rings. The van der Waals surface area contributed by atoms with Gasteiger partial charge in [0.15, 0.2) is 0 Å². The van der Waals surface area contributed by atoms with Crippen molar-refractivity contribution in [3.05, 3.63) is 35.4 Å². The molecule has 1 aliphatic rings. The average Bonchev–Trinajstić information content (AvgIpc) is 2.54. The van der Waals surface area contributed by atoms with Crippen LogP contribution in [0.1, 0.15) is 37.4 Å². The third-order valence-corrected chi connectivity index (χ3v) is 3.73. The maximum atomic E-state index is 3.55. The average molecular weight is 232 g/mol. The van der Waals surface area contributed by atoms with Gasteiger partial charge >= 0.3 is 0 Å². The van der Waals surface area contributed by atoms with E-state index in [-0.39, 0.29) is 0 Å². The van der Waals surface area contributed by atoms with Crippen LogP contribution in [0, 0.1) is 6.92 Å². The van der Waals surface area contributed by atoms with Crippen molar-refractivity contribution in [2.45, 2.75) is 39.3 Å². The van der Waals surface area contributed by atoms with E-state index in [0.717, 1.165) is 13.1 Å². The summed E-state index contributed by atoms with van der Waals surface area (Å²) < 4.78 is 0. The van der Waals surface area contributed by atoms with E-state index in [2.05, 4.69) is 55.3 Å². The van der Waals surface area contributed by atoms with E-state index in [4.69, 9.17) is 0 Å². The number of nitrogens with zero attached hydrogens (tertiary/aromatic N) is 1. The molecule has 1 fully saturated rings. The maximum Gasteiger partial charge on any atom is 0.0320 e. The Hall–Kier alpha value is -0.860. The van der Waals surface area contributed by atoms with Gasteiger partial charge in [-0.05, 0) is 39.3 Å². The van der Waals surface area contributed by atoms with Crippen molar-refractivity contribution >= 4 is 0 Å². The van der Waals surface area contributed by atoms with E-state index in [1.54, 1.807) is 0 Å². The quantitative estimate of drug-likeness (QED) is 0.843. The van der Waals surface area contributed by atoms with Gasteiger partial charge in [-0.15, -0.1) is 0 Å². The third-order valence-electron chi connectivity index (χ3n) is 3.73. The largest absolute Gasteiger partial charge is 0.313 e. The molecule has 2 nitrogen and oxygen atoms in total. The lowest BCUT2D eigenvalue weighted by Gasteiger charge is -2.29. The highest BCUT2D eigenvalue weighted by molar-refractivity contribution is 5.23. The molecule has 2 atom stereocenters. The molecule has 1 aromatic carbocycles. The third kappa shape index (κ3) is 3.30. The zero-order valence-corrected chi connectivity index (χ0v) is 11.2. The summed E-state index contributed by atoms with van der Waals surface area (Å²) in [5.41, 5.74) is 2.77. The highest BCUT2D eigenvalue weighted by Crippen LogP contribution is 2.21. The van der Waals surface area contributed by atoms with Gasteiger partial charge in [-0.3, -0.25) is 4.90 Å². The van der Waals surface area contributed by atoms with Crippen LogP contribution < -0.4 is 5.32 Å². The number of aryl methyl sites for hydroxylation is 1. The molecule has 1 aliphatic heterocycles. The molecule has 2 rings (SSSR count). The minimum atomic E-state index is 0.526. The van der Waals surface area contributed by atoms with Crippen LogP contribution in [0.4, 0.5) is 0 Å². The Morgan fingerprint density at radius 1 is 1.29 bits per heavy atom. The van der Waals surface area contributed by atoms with Gasteiger partial charge in [-0.2, -0.15) is 0 Å². The van der Waals surface area contributed by atoms with Gasteiger partial charge in [0.2, 0.25) is 0 Å². The fourth-order valence-corrected chi connectivity index (χ4v) is 2.55. The Morgan fingerprint density at radius 3 is 2.71 bits per heavy atom. The normalized spacial score (nSPS) is 24.3. The van der Waals surface area contributed by atoms with E-state index in [0.29, 0.717) is 12.1 Å². The molecule has 17 heavy (non-hydrogen) atoms. The highest BCUT2D eigenvalue weighted by Gasteiger charge is 2.19. The number of hydrogen-bond donors (Lipinski definition) is 1. The Balaban J connectivity index is 2.07. The molecule has 0 saturated carbocycles. The molecule has 0 radical (unpaired) electrons. The molecule has 0 bridgehead atoms. The SMILES string of the molecule is Cc1ccc(C(C)N2CCCNC(C)C2)cc1. The molecule has 0 aromatic heterocycles. The molecule has 0 spiro atoms. The minimum absolute atomic E-state index is 0.526. The van der Waals surface area contributed by atoms with E-state index in [9.17, 15) is 0 Å². The van der Waals surface area contributed by atoms with Crippen LogP contribution in [0.5, 0.6) is 0 Å². The minimum Gasteiger partial charge on any atom is -0.313 e. The van der Waals surface area contributed by atoms with E-state index in [1.807, 2.05) is 0 Å². The van der Waals surface area contributed by atoms with Crippen molar-refractivity contribution < 1.29 is 0 Å². The fraction of sp³-hybridized carbons (Fsp3) is 0.600. The van der Waals surface area contributed by atoms with Crippen molar-refractivity contribution in [3.8, 4) is 0 Å². The predicted molar refractivity (Wildman–Crippen MR) is 73.2 cm³/mol. The Bertz CT molecular complexity index is 344. The lowest BCUT2D eigenvalue weighted by atomic mass is 10.0. The van der Waals surface area contributed by atoms with Crippen molar-refractivity contribution in [3.63, 3.8) is 0 Å². The fourth-order valence-electron chi connectivity index (χ4n) is 2.55. The second-order valence-electron chi connectivity index (χ2n) is 5.29. The summed E-state index contributed by atoms with van der Waals surface area (Å²) in [5, 5.41) is 3.55. The number of hydrogen-bond acceptors (Lipinski definition) is 2. The van der Waals surface area contributed by atoms with Crippen LogP contribution in [0.15, 0.2) is 24.3 Å². The molecule has 0 aliphatic carbocycles. The molecule has 1 N–H and O–H groups in total. The van der Waals surface area contributed by atoms with Crippen LogP contribution >= 0.6 is 0 Å². The first kappa shape index (κ1) is 12.6. The van der Waals surface area contributed by atoms with Gasteiger partial charge in [0.25, 0.3) is 0 Å². The van der Waals surface area contributed by atoms with Gasteiger partial charge in [0.1, 0.15) is 0 Å². The number of benzene rings is 1. The first-order valence-corrected chi connectivity index (χ1v) is 6.71. The zero-order chi connectivity index (χ0) is 12.3. The van der Waals surface area contributed by atoms with Crippen LogP contribution in [0.2, 0.25) is 0 Å². The first-order chi connectivity index (χ1) is 8.16. The summed E-state index contributed by atoms with van der Waals surface area (Å²) in [6, 6.07) is 10.1. The summed E-state index contributed by atoms with van der Waals surface area (Å²) in [5.74, 6) is 0. The summed E-state index contributed by atoms with van der Waals surface area (Å²) in [6.07, 6.45) is 1.25. The summed E-state index contributed by atoms with van der Waals surface area (Å²) in [4.78, 5) is 2.59. The second-order valence-corrected chi connectivity index (χ2v) is 5.29. The standard InChI is InChI=1S/C15H24N2/c1-12-5-7-15(8-6-12)14(3)17-10-4-9-16-13(2)11-17/h5-8,13-14,16H,4,9-11H2,1-3H3. The van der Waals surface area contributed by atoms with Gasteiger partial charge in [0.05, 0.1) is 0 Å². The topological polar surface area (TPSA) is 15.3 Å². The Morgan fingerprint density at radius 2 is 2.00 bits per heavy atom. The molecule has 94 valence electrons. The lowest BCUT2D eigenvalue weighted by molar-refractivity contribution is 0.210. The summed E-state index contributed by atoms with van der Waals surface area (Å²) in [6.45, 7) is 10.2. The molecule has 1 heterocycles. The lowest BCUT2D eigenvalue weighted by Crippen LogP contribution is -2.36. The first-order valence-electron chi connectivity index (χ1n) is 6.71. The molecular formula is C15H24N2. The van der Waals surface area contributed by atoms with Crippen molar-refractivity contribution in [1.29, 1.82) is 0 Å². The van der Waals surface area contributed by atoms with Crippen LogP contribution in [0.25, 0.3) is 0 Å². The van der Waals surface area contributed by atoms with Gasteiger partial charge in [-0.1, -0.05) is 29.8 Å². The molecule has 1 saturated heterocycles. The number of nitrogens with one attached hydrogen (secondary N) is 1. The van der Waals surface area contributed by atoms with Gasteiger partial charge < -0.3 is 5.32 Å². The Labute approximate surface area is 105 Å². The van der Waals surface area contributed by atoms with Crippen LogP contribution in [0.3, 0.4) is 0 Å². The van der Waals surface area contributed by atoms with Gasteiger partial charge in [-0.25, -0.2) is 0 Å². The number of rotatable bonds is 2. The summed E-state index contributed by atoms with van der Waals surface area (Å²) in [7, 11) is 0. The van der Waals surface area contributed by atoms with Crippen molar-refractivity contribution in [2.75, 3.05) is 19.6 Å². The van der Waals surface area contributed by atoms with E-state index in [1.165, 1.54) is 24.1 Å². The second kappa shape index (κ2) is 5.65. The maximum absolute atomic E-state index is 3.55. The van der Waals surface area contributed by atoms with Crippen molar-refractivity contribution in [1.82, 2.24) is 10.2 Å².